The number of fused-ring (bicyclic) bond motifs is 3. The van der Waals surface area contributed by atoms with E-state index in [1.54, 1.807) is 12.1 Å². The lowest BCUT2D eigenvalue weighted by molar-refractivity contribution is 0.0682. The van der Waals surface area contributed by atoms with E-state index >= 15 is 0 Å². The maximum Gasteiger partial charge on any atom is 0.354 e. The van der Waals surface area contributed by atoms with Crippen molar-refractivity contribution in [3.05, 3.63) is 35.0 Å². The summed E-state index contributed by atoms with van der Waals surface area (Å²) in [6.45, 7) is 0.972. The molecule has 3 rings (SSSR count). The number of phenolic OH excluding ortho intramolecular Hbond substituents is 1. The summed E-state index contributed by atoms with van der Waals surface area (Å²) >= 11 is 0. The number of rotatable bonds is 4. The van der Waals surface area contributed by atoms with E-state index in [-0.39, 0.29) is 28.4 Å². The third-order valence-corrected chi connectivity index (χ3v) is 3.54. The fourth-order valence-corrected chi connectivity index (χ4v) is 2.65. The van der Waals surface area contributed by atoms with Crippen LogP contribution in [0.5, 0.6) is 5.75 Å². The first-order valence-corrected chi connectivity index (χ1v) is 6.47. The van der Waals surface area contributed by atoms with Crippen LogP contribution in [0, 0.1) is 0 Å². The van der Waals surface area contributed by atoms with Gasteiger partial charge in [-0.3, -0.25) is 4.68 Å². The van der Waals surface area contributed by atoms with Crippen LogP contribution in [0.3, 0.4) is 0 Å². The topological polar surface area (TPSA) is 101 Å². The Morgan fingerprint density at radius 1 is 1.43 bits per heavy atom. The molecule has 0 aliphatic heterocycles. The Balaban J connectivity index is 0.00000161. The van der Waals surface area contributed by atoms with Gasteiger partial charge in [-0.2, -0.15) is 5.10 Å². The number of carbonyl (C=O) groups is 1. The maximum absolute atomic E-state index is 11.5. The molecule has 1 aliphatic rings. The van der Waals surface area contributed by atoms with Crippen LogP contribution in [0.4, 0.5) is 0 Å². The molecule has 7 heteroatoms. The summed E-state index contributed by atoms with van der Waals surface area (Å²) in [6, 6.07) is 5.04. The standard InChI is InChI=1S/C14H15N3O3.BrH/c15-4-1-5-17-13(14(19)20)11-6-8-2-3-9(18)7-10(8)12(11)16-17;/h2-3,7,18H,1,4-6,15H2,(H,19,20);1H. The van der Waals surface area contributed by atoms with E-state index in [0.717, 1.165) is 16.7 Å². The van der Waals surface area contributed by atoms with E-state index < -0.39 is 5.97 Å². The second-order valence-electron chi connectivity index (χ2n) is 4.86. The maximum atomic E-state index is 11.5. The van der Waals surface area contributed by atoms with Crippen molar-refractivity contribution in [1.29, 1.82) is 0 Å². The monoisotopic (exact) mass is 353 g/mol. The van der Waals surface area contributed by atoms with Crippen molar-refractivity contribution < 1.29 is 15.0 Å². The lowest BCUT2D eigenvalue weighted by Gasteiger charge is -2.06. The molecule has 112 valence electrons. The summed E-state index contributed by atoms with van der Waals surface area (Å²) in [7, 11) is 0. The Hall–Kier alpha value is -1.86. The van der Waals surface area contributed by atoms with Gasteiger partial charge < -0.3 is 15.9 Å². The number of hydrogen-bond acceptors (Lipinski definition) is 4. The molecule has 21 heavy (non-hydrogen) atoms. The molecule has 1 aliphatic carbocycles. The first-order chi connectivity index (χ1) is 9.61. The summed E-state index contributed by atoms with van der Waals surface area (Å²) in [5.74, 6) is -0.821. The van der Waals surface area contributed by atoms with Gasteiger partial charge in [0.1, 0.15) is 11.4 Å². The highest BCUT2D eigenvalue weighted by Crippen LogP contribution is 2.39. The van der Waals surface area contributed by atoms with Crippen LogP contribution in [0.2, 0.25) is 0 Å². The Labute approximate surface area is 132 Å². The van der Waals surface area contributed by atoms with Gasteiger partial charge in [0.2, 0.25) is 0 Å². The molecule has 0 spiro atoms. The molecular weight excluding hydrogens is 338 g/mol. The van der Waals surface area contributed by atoms with Crippen molar-refractivity contribution in [3.8, 4) is 17.0 Å². The predicted molar refractivity (Wildman–Crippen MR) is 83.1 cm³/mol. The molecule has 0 radical (unpaired) electrons. The lowest BCUT2D eigenvalue weighted by Crippen LogP contribution is -2.14. The van der Waals surface area contributed by atoms with Gasteiger partial charge in [0.05, 0.1) is 5.69 Å². The summed E-state index contributed by atoms with van der Waals surface area (Å²) in [5.41, 5.74) is 8.88. The van der Waals surface area contributed by atoms with Crippen molar-refractivity contribution in [2.75, 3.05) is 6.54 Å². The number of halogens is 1. The predicted octanol–water partition coefficient (Wildman–Crippen LogP) is 1.78. The van der Waals surface area contributed by atoms with Gasteiger partial charge in [-0.1, -0.05) is 6.07 Å². The van der Waals surface area contributed by atoms with Gasteiger partial charge in [0, 0.05) is 24.1 Å². The minimum absolute atomic E-state index is 0. The van der Waals surface area contributed by atoms with Crippen LogP contribution in [0.1, 0.15) is 28.0 Å². The molecule has 0 atom stereocenters. The van der Waals surface area contributed by atoms with Crippen LogP contribution in [-0.4, -0.2) is 32.5 Å². The fourth-order valence-electron chi connectivity index (χ4n) is 2.65. The van der Waals surface area contributed by atoms with Crippen molar-refractivity contribution in [3.63, 3.8) is 0 Å². The van der Waals surface area contributed by atoms with Crippen molar-refractivity contribution in [2.45, 2.75) is 19.4 Å². The van der Waals surface area contributed by atoms with Crippen LogP contribution in [0.15, 0.2) is 18.2 Å². The molecule has 2 aromatic rings. The van der Waals surface area contributed by atoms with Crippen LogP contribution in [-0.2, 0) is 13.0 Å². The van der Waals surface area contributed by atoms with Crippen molar-refractivity contribution in [2.24, 2.45) is 5.73 Å². The zero-order valence-corrected chi connectivity index (χ0v) is 13.0. The van der Waals surface area contributed by atoms with Crippen molar-refractivity contribution >= 4 is 23.0 Å². The molecule has 0 amide bonds. The summed E-state index contributed by atoms with van der Waals surface area (Å²) < 4.78 is 1.51. The van der Waals surface area contributed by atoms with Gasteiger partial charge in [-0.25, -0.2) is 4.79 Å². The number of carboxylic acids is 1. The highest BCUT2D eigenvalue weighted by atomic mass is 79.9. The van der Waals surface area contributed by atoms with E-state index in [1.807, 2.05) is 6.07 Å². The molecule has 1 aromatic heterocycles. The van der Waals surface area contributed by atoms with Gasteiger partial charge >= 0.3 is 5.97 Å². The molecule has 1 aromatic carbocycles. The third-order valence-electron chi connectivity index (χ3n) is 3.54. The van der Waals surface area contributed by atoms with Crippen LogP contribution in [0.25, 0.3) is 11.3 Å². The van der Waals surface area contributed by atoms with E-state index in [0.29, 0.717) is 31.6 Å². The first-order valence-electron chi connectivity index (χ1n) is 6.47. The number of aromatic hydroxyl groups is 1. The number of aromatic nitrogens is 2. The van der Waals surface area contributed by atoms with Crippen molar-refractivity contribution in [1.82, 2.24) is 9.78 Å². The number of aryl methyl sites for hydroxylation is 1. The molecule has 4 N–H and O–H groups in total. The Morgan fingerprint density at radius 2 is 2.19 bits per heavy atom. The number of benzene rings is 1. The van der Waals surface area contributed by atoms with E-state index in [9.17, 15) is 15.0 Å². The number of hydrogen-bond donors (Lipinski definition) is 3. The highest BCUT2D eigenvalue weighted by Gasteiger charge is 2.30. The second-order valence-corrected chi connectivity index (χ2v) is 4.86. The molecule has 0 unspecified atom stereocenters. The van der Waals surface area contributed by atoms with E-state index in [2.05, 4.69) is 5.10 Å². The molecule has 0 fully saturated rings. The lowest BCUT2D eigenvalue weighted by atomic mass is 10.1. The minimum Gasteiger partial charge on any atom is -0.508 e. The Kier molecular flexibility index (Phi) is 4.34. The summed E-state index contributed by atoms with van der Waals surface area (Å²) in [6.07, 6.45) is 1.21. The zero-order chi connectivity index (χ0) is 14.3. The average Bonchev–Trinajstić information content (AvgIpc) is 2.91. The smallest absolute Gasteiger partial charge is 0.354 e. The number of carboxylic acid groups (broad SMARTS) is 1. The zero-order valence-electron chi connectivity index (χ0n) is 11.2. The van der Waals surface area contributed by atoms with E-state index in [1.165, 1.54) is 4.68 Å². The third kappa shape index (κ3) is 2.54. The van der Waals surface area contributed by atoms with Crippen LogP contribution >= 0.6 is 17.0 Å². The Bertz CT molecular complexity index is 697. The molecule has 1 heterocycles. The van der Waals surface area contributed by atoms with Gasteiger partial charge in [-0.05, 0) is 30.7 Å². The molecular formula is C14H16BrN3O3. The second kappa shape index (κ2) is 5.87. The summed E-state index contributed by atoms with van der Waals surface area (Å²) in [5, 5.41) is 23.4. The minimum atomic E-state index is -0.979. The SMILES string of the molecule is Br.NCCCn1nc2c(c1C(=O)O)Cc1ccc(O)cc1-2. The normalized spacial score (nSPS) is 11.7. The Morgan fingerprint density at radius 3 is 2.86 bits per heavy atom. The average molecular weight is 354 g/mol. The number of aromatic carboxylic acids is 1. The summed E-state index contributed by atoms with van der Waals surface area (Å²) in [4.78, 5) is 11.5. The molecule has 6 nitrogen and oxygen atoms in total. The quantitative estimate of drug-likeness (QED) is 0.663. The molecule has 0 saturated heterocycles. The fraction of sp³-hybridized carbons (Fsp3) is 0.286. The van der Waals surface area contributed by atoms with Gasteiger partial charge in [0.25, 0.3) is 0 Å². The largest absolute Gasteiger partial charge is 0.508 e. The number of phenols is 1. The van der Waals surface area contributed by atoms with Crippen LogP contribution < -0.4 is 5.73 Å². The van der Waals surface area contributed by atoms with E-state index in [4.69, 9.17) is 5.73 Å². The highest BCUT2D eigenvalue weighted by molar-refractivity contribution is 8.93. The number of nitrogens with zero attached hydrogens (tertiary/aromatic N) is 2. The first kappa shape index (κ1) is 15.5. The molecule has 0 bridgehead atoms. The number of nitrogens with two attached hydrogens (primary N) is 1. The van der Waals surface area contributed by atoms with Gasteiger partial charge in [0.15, 0.2) is 0 Å². The van der Waals surface area contributed by atoms with Gasteiger partial charge in [-0.15, -0.1) is 17.0 Å². The molecule has 0 saturated carbocycles.